The summed E-state index contributed by atoms with van der Waals surface area (Å²) in [6.07, 6.45) is -1.88. The number of fused-ring (bicyclic) bond motifs is 1. The van der Waals surface area contributed by atoms with Crippen molar-refractivity contribution in [3.8, 4) is 17.2 Å². The normalized spacial score (nSPS) is 14.2. The van der Waals surface area contributed by atoms with Crippen LogP contribution in [-0.4, -0.2) is 30.9 Å². The molecule has 0 bridgehead atoms. The highest BCUT2D eigenvalue weighted by atomic mass is 35.5. The number of benzene rings is 2. The number of amides is 1. The van der Waals surface area contributed by atoms with Crippen LogP contribution in [0.25, 0.3) is 0 Å². The molecule has 2 aromatic rings. The zero-order valence-electron chi connectivity index (χ0n) is 14.7. The van der Waals surface area contributed by atoms with Crippen molar-refractivity contribution in [2.24, 2.45) is 0 Å². The van der Waals surface area contributed by atoms with Crippen LogP contribution in [0.4, 0.5) is 5.69 Å². The summed E-state index contributed by atoms with van der Waals surface area (Å²) in [4.78, 5) is 24.4. The summed E-state index contributed by atoms with van der Waals surface area (Å²) >= 11 is 5.81. The number of halogens is 1. The zero-order valence-corrected chi connectivity index (χ0v) is 15.5. The Morgan fingerprint density at radius 1 is 1.04 bits per heavy atom. The fourth-order valence-corrected chi connectivity index (χ4v) is 2.43. The van der Waals surface area contributed by atoms with Crippen molar-refractivity contribution in [1.82, 2.24) is 0 Å². The Bertz CT molecular complexity index is 839. The first-order valence-electron chi connectivity index (χ1n) is 8.25. The Labute approximate surface area is 161 Å². The number of esters is 1. The van der Waals surface area contributed by atoms with Crippen molar-refractivity contribution >= 4 is 29.2 Å². The molecule has 0 fully saturated rings. The van der Waals surface area contributed by atoms with E-state index in [1.807, 2.05) is 0 Å². The quantitative estimate of drug-likeness (QED) is 0.760. The SMILES string of the molecule is C[C@@H](OC(=O)[C@@H](C)Oc1ccc(Cl)cc1)C(=O)Nc1ccc2c(c1)OCO2. The second-order valence-corrected chi connectivity index (χ2v) is 6.29. The minimum atomic E-state index is -1.00. The van der Waals surface area contributed by atoms with Crippen LogP contribution in [0.15, 0.2) is 42.5 Å². The van der Waals surface area contributed by atoms with Gasteiger partial charge in [-0.3, -0.25) is 4.79 Å². The molecule has 1 N–H and O–H groups in total. The third-order valence-corrected chi connectivity index (χ3v) is 4.01. The van der Waals surface area contributed by atoms with E-state index in [0.717, 1.165) is 0 Å². The molecule has 0 unspecified atom stereocenters. The first kappa shape index (κ1) is 18.8. The van der Waals surface area contributed by atoms with Gasteiger partial charge in [0.1, 0.15) is 5.75 Å². The van der Waals surface area contributed by atoms with Crippen LogP contribution in [0.1, 0.15) is 13.8 Å². The van der Waals surface area contributed by atoms with Crippen LogP contribution in [0.3, 0.4) is 0 Å². The van der Waals surface area contributed by atoms with E-state index in [-0.39, 0.29) is 6.79 Å². The van der Waals surface area contributed by atoms with Crippen LogP contribution in [0, 0.1) is 0 Å². The molecule has 1 amide bonds. The van der Waals surface area contributed by atoms with E-state index in [1.54, 1.807) is 49.4 Å². The van der Waals surface area contributed by atoms with Crippen LogP contribution in [0.2, 0.25) is 5.02 Å². The summed E-state index contributed by atoms with van der Waals surface area (Å²) in [5, 5.41) is 3.23. The average molecular weight is 392 g/mol. The monoisotopic (exact) mass is 391 g/mol. The number of nitrogens with one attached hydrogen (secondary N) is 1. The molecular weight excluding hydrogens is 374 g/mol. The van der Waals surface area contributed by atoms with E-state index in [0.29, 0.717) is 28.0 Å². The summed E-state index contributed by atoms with van der Waals surface area (Å²) < 4.78 is 21.1. The van der Waals surface area contributed by atoms with Gasteiger partial charge in [0, 0.05) is 16.8 Å². The topological polar surface area (TPSA) is 83.1 Å². The van der Waals surface area contributed by atoms with Gasteiger partial charge >= 0.3 is 5.97 Å². The zero-order chi connectivity index (χ0) is 19.4. The first-order valence-corrected chi connectivity index (χ1v) is 8.63. The van der Waals surface area contributed by atoms with Gasteiger partial charge in [0.2, 0.25) is 6.79 Å². The molecule has 0 saturated carbocycles. The molecule has 1 aliphatic heterocycles. The molecule has 0 aliphatic carbocycles. The van der Waals surface area contributed by atoms with Gasteiger partial charge in [0.25, 0.3) is 5.91 Å². The standard InChI is InChI=1S/C19H18ClNO6/c1-11(18(22)21-14-5-8-16-17(9-14)25-10-24-16)27-19(23)12(2)26-15-6-3-13(20)4-7-15/h3-9,11-12H,10H2,1-2H3,(H,21,22)/t11-,12-/m1/s1. The van der Waals surface area contributed by atoms with Gasteiger partial charge in [-0.05, 0) is 50.2 Å². The van der Waals surface area contributed by atoms with Crippen LogP contribution in [-0.2, 0) is 14.3 Å². The Morgan fingerprint density at radius 2 is 1.74 bits per heavy atom. The maximum Gasteiger partial charge on any atom is 0.347 e. The average Bonchev–Trinajstić information content (AvgIpc) is 3.11. The number of ether oxygens (including phenoxy) is 4. The molecule has 3 rings (SSSR count). The second kappa shape index (κ2) is 8.18. The smallest absolute Gasteiger partial charge is 0.347 e. The van der Waals surface area contributed by atoms with Crippen LogP contribution < -0.4 is 19.5 Å². The molecule has 27 heavy (non-hydrogen) atoms. The lowest BCUT2D eigenvalue weighted by Crippen LogP contribution is -2.35. The Hall–Kier alpha value is -2.93. The molecule has 142 valence electrons. The predicted octanol–water partition coefficient (Wildman–Crippen LogP) is 3.41. The molecule has 2 aromatic carbocycles. The van der Waals surface area contributed by atoms with Gasteiger partial charge in [-0.15, -0.1) is 0 Å². The second-order valence-electron chi connectivity index (χ2n) is 5.85. The number of rotatable bonds is 6. The lowest BCUT2D eigenvalue weighted by Gasteiger charge is -2.18. The Kier molecular flexibility index (Phi) is 5.71. The molecule has 1 heterocycles. The molecule has 0 aromatic heterocycles. The van der Waals surface area contributed by atoms with Gasteiger partial charge in [-0.1, -0.05) is 11.6 Å². The summed E-state index contributed by atoms with van der Waals surface area (Å²) in [6, 6.07) is 11.6. The van der Waals surface area contributed by atoms with Gasteiger partial charge in [-0.25, -0.2) is 4.79 Å². The van der Waals surface area contributed by atoms with Crippen molar-refractivity contribution < 1.29 is 28.5 Å². The van der Waals surface area contributed by atoms with E-state index in [9.17, 15) is 9.59 Å². The van der Waals surface area contributed by atoms with Gasteiger partial charge < -0.3 is 24.3 Å². The molecule has 7 nitrogen and oxygen atoms in total. The van der Waals surface area contributed by atoms with Crippen molar-refractivity contribution in [3.63, 3.8) is 0 Å². The summed E-state index contributed by atoms with van der Waals surface area (Å²) in [6.45, 7) is 3.17. The number of hydrogen-bond donors (Lipinski definition) is 1. The minimum Gasteiger partial charge on any atom is -0.479 e. The highest BCUT2D eigenvalue weighted by Gasteiger charge is 2.24. The predicted molar refractivity (Wildman–Crippen MR) is 98.3 cm³/mol. The molecule has 1 aliphatic rings. The van der Waals surface area contributed by atoms with Gasteiger partial charge in [0.15, 0.2) is 23.7 Å². The minimum absolute atomic E-state index is 0.145. The third kappa shape index (κ3) is 4.83. The maximum atomic E-state index is 12.3. The lowest BCUT2D eigenvalue weighted by atomic mass is 10.2. The fraction of sp³-hybridized carbons (Fsp3) is 0.263. The largest absolute Gasteiger partial charge is 0.479 e. The van der Waals surface area contributed by atoms with E-state index in [1.165, 1.54) is 6.92 Å². The number of carbonyl (C=O) groups excluding carboxylic acids is 2. The third-order valence-electron chi connectivity index (χ3n) is 3.76. The van der Waals surface area contributed by atoms with Crippen molar-refractivity contribution in [3.05, 3.63) is 47.5 Å². The van der Waals surface area contributed by atoms with Crippen LogP contribution in [0.5, 0.6) is 17.2 Å². The van der Waals surface area contributed by atoms with E-state index < -0.39 is 24.1 Å². The molecule has 0 radical (unpaired) electrons. The van der Waals surface area contributed by atoms with Crippen molar-refractivity contribution in [2.45, 2.75) is 26.1 Å². The first-order chi connectivity index (χ1) is 12.9. The summed E-state index contributed by atoms with van der Waals surface area (Å²) in [5.74, 6) is 0.503. The van der Waals surface area contributed by atoms with Gasteiger partial charge in [-0.2, -0.15) is 0 Å². The van der Waals surface area contributed by atoms with Crippen molar-refractivity contribution in [2.75, 3.05) is 12.1 Å². The molecule has 0 spiro atoms. The Morgan fingerprint density at radius 3 is 2.48 bits per heavy atom. The highest BCUT2D eigenvalue weighted by molar-refractivity contribution is 6.30. The van der Waals surface area contributed by atoms with Crippen LogP contribution >= 0.6 is 11.6 Å². The van der Waals surface area contributed by atoms with Gasteiger partial charge in [0.05, 0.1) is 0 Å². The molecule has 0 saturated heterocycles. The summed E-state index contributed by atoms with van der Waals surface area (Å²) in [5.41, 5.74) is 0.512. The molecular formula is C19H18ClNO6. The Balaban J connectivity index is 1.52. The molecule has 2 atom stereocenters. The number of anilines is 1. The van der Waals surface area contributed by atoms with E-state index >= 15 is 0 Å². The molecule has 8 heteroatoms. The van der Waals surface area contributed by atoms with E-state index in [2.05, 4.69) is 5.32 Å². The maximum absolute atomic E-state index is 12.3. The van der Waals surface area contributed by atoms with Crippen molar-refractivity contribution in [1.29, 1.82) is 0 Å². The number of hydrogen-bond acceptors (Lipinski definition) is 6. The lowest BCUT2D eigenvalue weighted by molar-refractivity contribution is -0.159. The van der Waals surface area contributed by atoms with E-state index in [4.69, 9.17) is 30.5 Å². The summed E-state index contributed by atoms with van der Waals surface area (Å²) in [7, 11) is 0. The number of carbonyl (C=O) groups is 2. The fourth-order valence-electron chi connectivity index (χ4n) is 2.31. The highest BCUT2D eigenvalue weighted by Crippen LogP contribution is 2.34.